The van der Waals surface area contributed by atoms with Crippen molar-refractivity contribution >= 4 is 11.7 Å². The van der Waals surface area contributed by atoms with Gasteiger partial charge in [-0.05, 0) is 56.6 Å². The van der Waals surface area contributed by atoms with Crippen LogP contribution in [0, 0.1) is 5.92 Å². The van der Waals surface area contributed by atoms with Crippen LogP contribution < -0.4 is 4.90 Å². The smallest absolute Gasteiger partial charge is 0.255 e. The third kappa shape index (κ3) is 4.51. The van der Waals surface area contributed by atoms with Crippen molar-refractivity contribution in [2.24, 2.45) is 5.92 Å². The van der Waals surface area contributed by atoms with Gasteiger partial charge in [-0.25, -0.2) is 4.98 Å². The molecule has 1 amide bonds. The molecule has 0 spiro atoms. The molecule has 1 N–H and O–H groups in total. The standard InChI is InChI=1S/C20H31N3O2/c1-22(18-9-6-16(15-24)7-10-18)20(25)17-8-11-19(21-14-17)23-12-4-2-3-5-13-23/h8,11,14,16,18,24H,2-7,9-10,12-13,15H2,1H3. The van der Waals surface area contributed by atoms with Crippen molar-refractivity contribution < 1.29 is 9.90 Å². The number of aliphatic hydroxyl groups is 1. The zero-order valence-electron chi connectivity index (χ0n) is 15.4. The first kappa shape index (κ1) is 18.2. The van der Waals surface area contributed by atoms with Crippen molar-refractivity contribution in [2.75, 3.05) is 31.6 Å². The highest BCUT2D eigenvalue weighted by Gasteiger charge is 2.27. The molecule has 5 nitrogen and oxygen atoms in total. The fraction of sp³-hybridized carbons (Fsp3) is 0.700. The van der Waals surface area contributed by atoms with Gasteiger partial charge in [0.05, 0.1) is 5.56 Å². The Hall–Kier alpha value is -1.62. The van der Waals surface area contributed by atoms with Crippen molar-refractivity contribution in [3.05, 3.63) is 23.9 Å². The second-order valence-electron chi connectivity index (χ2n) is 7.58. The largest absolute Gasteiger partial charge is 0.396 e. The minimum absolute atomic E-state index is 0.0577. The van der Waals surface area contributed by atoms with E-state index in [1.165, 1.54) is 25.7 Å². The quantitative estimate of drug-likeness (QED) is 0.911. The Bertz CT molecular complexity index is 545. The SMILES string of the molecule is CN(C(=O)c1ccc(N2CCCCCC2)nc1)C1CCC(CO)CC1. The van der Waals surface area contributed by atoms with Gasteiger partial charge in [-0.1, -0.05) is 12.8 Å². The molecule has 5 heteroatoms. The Morgan fingerprint density at radius 3 is 2.40 bits per heavy atom. The minimum Gasteiger partial charge on any atom is -0.396 e. The van der Waals surface area contributed by atoms with E-state index in [1.807, 2.05) is 24.1 Å². The zero-order valence-corrected chi connectivity index (χ0v) is 15.4. The van der Waals surface area contributed by atoms with Crippen LogP contribution in [0.1, 0.15) is 61.7 Å². The molecule has 138 valence electrons. The molecule has 2 aliphatic rings. The molecule has 1 aliphatic heterocycles. The van der Waals surface area contributed by atoms with Crippen LogP contribution in [0.2, 0.25) is 0 Å². The molecule has 1 aliphatic carbocycles. The highest BCUT2D eigenvalue weighted by atomic mass is 16.3. The topological polar surface area (TPSA) is 56.7 Å². The van der Waals surface area contributed by atoms with Crippen LogP contribution in [-0.4, -0.2) is 53.7 Å². The second kappa shape index (κ2) is 8.65. The Kier molecular flexibility index (Phi) is 6.29. The number of pyridine rings is 1. The van der Waals surface area contributed by atoms with E-state index in [1.54, 1.807) is 6.20 Å². The Labute approximate surface area is 151 Å². The van der Waals surface area contributed by atoms with E-state index in [2.05, 4.69) is 9.88 Å². The summed E-state index contributed by atoms with van der Waals surface area (Å²) in [7, 11) is 1.90. The lowest BCUT2D eigenvalue weighted by atomic mass is 9.86. The van der Waals surface area contributed by atoms with Crippen LogP contribution in [0.3, 0.4) is 0 Å². The molecule has 1 aromatic rings. The van der Waals surface area contributed by atoms with Crippen LogP contribution in [0.15, 0.2) is 18.3 Å². The van der Waals surface area contributed by atoms with Gasteiger partial charge in [-0.15, -0.1) is 0 Å². The number of carbonyl (C=O) groups is 1. The Morgan fingerprint density at radius 2 is 1.84 bits per heavy atom. The number of nitrogens with zero attached hydrogens (tertiary/aromatic N) is 3. The summed E-state index contributed by atoms with van der Waals surface area (Å²) in [6.45, 7) is 2.40. The zero-order chi connectivity index (χ0) is 17.6. The lowest BCUT2D eigenvalue weighted by molar-refractivity contribution is 0.0652. The number of hydrogen-bond acceptors (Lipinski definition) is 4. The highest BCUT2D eigenvalue weighted by Crippen LogP contribution is 2.27. The lowest BCUT2D eigenvalue weighted by Gasteiger charge is -2.34. The molecule has 0 bridgehead atoms. The second-order valence-corrected chi connectivity index (χ2v) is 7.58. The number of aromatic nitrogens is 1. The molecular weight excluding hydrogens is 314 g/mol. The molecule has 1 saturated carbocycles. The Balaban J connectivity index is 1.60. The molecule has 0 atom stereocenters. The monoisotopic (exact) mass is 345 g/mol. The summed E-state index contributed by atoms with van der Waals surface area (Å²) in [5.74, 6) is 1.46. The Morgan fingerprint density at radius 1 is 1.16 bits per heavy atom. The molecule has 25 heavy (non-hydrogen) atoms. The number of carbonyl (C=O) groups excluding carboxylic acids is 1. The van der Waals surface area contributed by atoms with Gasteiger partial charge in [-0.3, -0.25) is 4.79 Å². The summed E-state index contributed by atoms with van der Waals surface area (Å²) in [4.78, 5) is 21.5. The summed E-state index contributed by atoms with van der Waals surface area (Å²) in [5.41, 5.74) is 0.672. The van der Waals surface area contributed by atoms with Crippen LogP contribution >= 0.6 is 0 Å². The van der Waals surface area contributed by atoms with Gasteiger partial charge < -0.3 is 14.9 Å². The maximum Gasteiger partial charge on any atom is 0.255 e. The van der Waals surface area contributed by atoms with Crippen molar-refractivity contribution in [2.45, 2.75) is 57.4 Å². The molecule has 0 radical (unpaired) electrons. The molecular formula is C20H31N3O2. The predicted octanol–water partition coefficient (Wildman–Crippen LogP) is 3.09. The van der Waals surface area contributed by atoms with Gasteiger partial charge in [0.2, 0.25) is 0 Å². The van der Waals surface area contributed by atoms with Crippen LogP contribution in [0.4, 0.5) is 5.82 Å². The van der Waals surface area contributed by atoms with Crippen LogP contribution in [0.5, 0.6) is 0 Å². The lowest BCUT2D eigenvalue weighted by Crippen LogP contribution is -2.40. The van der Waals surface area contributed by atoms with E-state index in [9.17, 15) is 9.90 Å². The average molecular weight is 345 g/mol. The van der Waals surface area contributed by atoms with Gasteiger partial charge in [0.25, 0.3) is 5.91 Å². The van der Waals surface area contributed by atoms with Gasteiger partial charge in [0.1, 0.15) is 5.82 Å². The maximum absolute atomic E-state index is 12.8. The third-order valence-corrected chi connectivity index (χ3v) is 5.87. The first-order valence-corrected chi connectivity index (χ1v) is 9.78. The first-order chi connectivity index (χ1) is 12.2. The average Bonchev–Trinajstić information content (AvgIpc) is 2.96. The molecule has 1 saturated heterocycles. The van der Waals surface area contributed by atoms with Gasteiger partial charge >= 0.3 is 0 Å². The van der Waals surface area contributed by atoms with E-state index < -0.39 is 0 Å². The summed E-state index contributed by atoms with van der Waals surface area (Å²) < 4.78 is 0. The minimum atomic E-state index is 0.0577. The number of amides is 1. The third-order valence-electron chi connectivity index (χ3n) is 5.87. The fourth-order valence-electron chi connectivity index (χ4n) is 4.08. The molecule has 0 unspecified atom stereocenters. The maximum atomic E-state index is 12.8. The van der Waals surface area contributed by atoms with Gasteiger partial charge in [0, 0.05) is 39.0 Å². The van der Waals surface area contributed by atoms with E-state index in [-0.39, 0.29) is 18.6 Å². The molecule has 3 rings (SSSR count). The summed E-state index contributed by atoms with van der Waals surface area (Å²) in [6.07, 6.45) is 10.8. The predicted molar refractivity (Wildman–Crippen MR) is 99.8 cm³/mol. The highest BCUT2D eigenvalue weighted by molar-refractivity contribution is 5.94. The summed E-state index contributed by atoms with van der Waals surface area (Å²) in [6, 6.07) is 4.20. The van der Waals surface area contributed by atoms with E-state index in [0.717, 1.165) is 44.6 Å². The fourth-order valence-corrected chi connectivity index (χ4v) is 4.08. The number of anilines is 1. The van der Waals surface area contributed by atoms with Gasteiger partial charge in [0.15, 0.2) is 0 Å². The first-order valence-electron chi connectivity index (χ1n) is 9.78. The van der Waals surface area contributed by atoms with E-state index >= 15 is 0 Å². The summed E-state index contributed by atoms with van der Waals surface area (Å²) >= 11 is 0. The molecule has 2 fully saturated rings. The number of rotatable bonds is 4. The van der Waals surface area contributed by atoms with Crippen LogP contribution in [0.25, 0.3) is 0 Å². The van der Waals surface area contributed by atoms with Gasteiger partial charge in [-0.2, -0.15) is 0 Å². The van der Waals surface area contributed by atoms with E-state index in [4.69, 9.17) is 0 Å². The van der Waals surface area contributed by atoms with Crippen molar-refractivity contribution in [3.63, 3.8) is 0 Å². The molecule has 1 aromatic heterocycles. The molecule has 0 aromatic carbocycles. The normalized spacial score (nSPS) is 24.6. The van der Waals surface area contributed by atoms with E-state index in [0.29, 0.717) is 11.5 Å². The summed E-state index contributed by atoms with van der Waals surface area (Å²) in [5, 5.41) is 9.26. The van der Waals surface area contributed by atoms with Crippen LogP contribution in [-0.2, 0) is 0 Å². The van der Waals surface area contributed by atoms with Crippen molar-refractivity contribution in [1.82, 2.24) is 9.88 Å². The molecule has 2 heterocycles. The number of aliphatic hydroxyl groups excluding tert-OH is 1. The van der Waals surface area contributed by atoms with Crippen molar-refractivity contribution in [1.29, 1.82) is 0 Å². The number of hydrogen-bond donors (Lipinski definition) is 1. The van der Waals surface area contributed by atoms with Crippen molar-refractivity contribution in [3.8, 4) is 0 Å².